The lowest BCUT2D eigenvalue weighted by Gasteiger charge is -2.47. The number of ether oxygens (including phenoxy) is 2. The largest absolute Gasteiger partial charge is 0.479 e. The van der Waals surface area contributed by atoms with Gasteiger partial charge in [0.1, 0.15) is 6.10 Å². The molecular weight excluding hydrogens is 537 g/mol. The lowest BCUT2D eigenvalue weighted by atomic mass is 10.0. The number of benzene rings is 1. The van der Waals surface area contributed by atoms with Gasteiger partial charge in [-0.25, -0.2) is 9.09 Å². The summed E-state index contributed by atoms with van der Waals surface area (Å²) in [5.74, 6) is 0. The van der Waals surface area contributed by atoms with Crippen molar-refractivity contribution in [3.8, 4) is 0 Å². The molecule has 0 radical (unpaired) electrons. The average Bonchev–Trinajstić information content (AvgIpc) is 2.96. The summed E-state index contributed by atoms with van der Waals surface area (Å²) < 4.78 is 43.7. The zero-order chi connectivity index (χ0) is 29.2. The van der Waals surface area contributed by atoms with Crippen molar-refractivity contribution in [1.82, 2.24) is 0 Å². The summed E-state index contributed by atoms with van der Waals surface area (Å²) in [6.07, 6.45) is 19.8. The van der Waals surface area contributed by atoms with Crippen molar-refractivity contribution in [1.29, 1.82) is 0 Å². The molecule has 0 aromatic heterocycles. The number of nitrogens with zero attached hydrogens (tertiary/aromatic N) is 1. The molecule has 1 aromatic rings. The molecule has 0 N–H and O–H groups in total. The Morgan fingerprint density at radius 1 is 0.854 bits per heavy atom. The number of piperidine rings is 1. The summed E-state index contributed by atoms with van der Waals surface area (Å²) in [6, 6.07) is 10.0. The summed E-state index contributed by atoms with van der Waals surface area (Å²) in [4.78, 5) is 0. The Morgan fingerprint density at radius 2 is 1.46 bits per heavy atom. The second-order valence-electron chi connectivity index (χ2n) is 12.6. The lowest BCUT2D eigenvalue weighted by molar-refractivity contribution is -0.941. The van der Waals surface area contributed by atoms with E-state index in [1.807, 2.05) is 30.3 Å². The van der Waals surface area contributed by atoms with E-state index in [0.29, 0.717) is 24.3 Å². The van der Waals surface area contributed by atoms with Crippen LogP contribution >= 0.6 is 7.82 Å². The molecule has 4 unspecified atom stereocenters. The Balaban J connectivity index is 1.28. The van der Waals surface area contributed by atoms with Crippen molar-refractivity contribution in [3.05, 3.63) is 35.9 Å². The third kappa shape index (κ3) is 14.0. The predicted octanol–water partition coefficient (Wildman–Crippen LogP) is 8.81. The zero-order valence-corrected chi connectivity index (χ0v) is 27.2. The lowest BCUT2D eigenvalue weighted by Crippen LogP contribution is -2.58. The number of rotatable bonds is 23. The number of phosphoric ester groups is 1. The zero-order valence-electron chi connectivity index (χ0n) is 26.3. The van der Waals surface area contributed by atoms with Gasteiger partial charge in [-0.15, -0.1) is 0 Å². The van der Waals surface area contributed by atoms with Gasteiger partial charge in [-0.05, 0) is 12.0 Å². The monoisotopic (exact) mass is 596 g/mol. The molecule has 3 rings (SSSR count). The van der Waals surface area contributed by atoms with Crippen LogP contribution in [0, 0.1) is 0 Å². The van der Waals surface area contributed by atoms with E-state index >= 15 is 0 Å². The van der Waals surface area contributed by atoms with Gasteiger partial charge < -0.3 is 14.0 Å². The molecule has 0 saturated carbocycles. The van der Waals surface area contributed by atoms with Gasteiger partial charge in [0.15, 0.2) is 0 Å². The summed E-state index contributed by atoms with van der Waals surface area (Å²) in [6.45, 7) is 4.85. The quantitative estimate of drug-likeness (QED) is 0.0715. The maximum absolute atomic E-state index is 13.4. The minimum atomic E-state index is -3.65. The van der Waals surface area contributed by atoms with Crippen LogP contribution in [-0.2, 0) is 34.2 Å². The highest BCUT2D eigenvalue weighted by atomic mass is 31.2. The number of fused-ring (bicyclic) bond motifs is 2. The van der Waals surface area contributed by atoms with Crippen molar-refractivity contribution >= 4 is 7.82 Å². The number of unbranched alkanes of at least 4 members (excludes halogenated alkanes) is 13. The van der Waals surface area contributed by atoms with Crippen molar-refractivity contribution in [3.63, 3.8) is 0 Å². The van der Waals surface area contributed by atoms with Gasteiger partial charge >= 0.3 is 7.82 Å². The van der Waals surface area contributed by atoms with Crippen LogP contribution in [0.15, 0.2) is 30.3 Å². The van der Waals surface area contributed by atoms with Crippen molar-refractivity contribution in [2.75, 3.05) is 40.5 Å². The molecule has 8 heteroatoms. The molecular formula is C33H59NO6P+. The van der Waals surface area contributed by atoms with Gasteiger partial charge in [-0.3, -0.25) is 9.05 Å². The minimum absolute atomic E-state index is 0.0778. The number of hydrogen-bond acceptors (Lipinski definition) is 6. The Labute approximate surface area is 250 Å². The van der Waals surface area contributed by atoms with Crippen LogP contribution in [0.1, 0.15) is 115 Å². The van der Waals surface area contributed by atoms with Crippen molar-refractivity contribution in [2.24, 2.45) is 0 Å². The number of likely N-dealkylation sites (tertiary alicyclic amines) is 1. The highest BCUT2D eigenvalue weighted by Gasteiger charge is 2.50. The Bertz CT molecular complexity index is 853. The summed E-state index contributed by atoms with van der Waals surface area (Å²) in [5, 5.41) is 0. The second-order valence-corrected chi connectivity index (χ2v) is 14.2. The smallest absolute Gasteiger partial charge is 0.379 e. The van der Waals surface area contributed by atoms with Gasteiger partial charge in [-0.2, -0.15) is 0 Å². The Kier molecular flexibility index (Phi) is 16.5. The van der Waals surface area contributed by atoms with Crippen LogP contribution in [0.5, 0.6) is 0 Å². The van der Waals surface area contributed by atoms with E-state index in [1.54, 1.807) is 0 Å². The topological polar surface area (TPSA) is 63.2 Å². The van der Waals surface area contributed by atoms with Crippen molar-refractivity contribution in [2.45, 2.75) is 135 Å². The molecule has 2 heterocycles. The van der Waals surface area contributed by atoms with Gasteiger partial charge in [0.05, 0.1) is 53.0 Å². The van der Waals surface area contributed by atoms with E-state index in [9.17, 15) is 4.57 Å². The fourth-order valence-corrected chi connectivity index (χ4v) is 7.37. The first-order chi connectivity index (χ1) is 19.9. The van der Waals surface area contributed by atoms with Crippen molar-refractivity contribution < 1.29 is 32.1 Å². The van der Waals surface area contributed by atoms with Crippen LogP contribution in [0.2, 0.25) is 0 Å². The Hall–Kier alpha value is -0.790. The normalized spacial score (nSPS) is 24.4. The maximum atomic E-state index is 13.4. The van der Waals surface area contributed by atoms with Gasteiger partial charge in [0, 0.05) is 13.0 Å². The summed E-state index contributed by atoms with van der Waals surface area (Å²) >= 11 is 0. The highest BCUT2D eigenvalue weighted by Crippen LogP contribution is 2.58. The predicted molar refractivity (Wildman–Crippen MR) is 166 cm³/mol. The summed E-state index contributed by atoms with van der Waals surface area (Å²) in [5.41, 5.74) is 1.08. The van der Waals surface area contributed by atoms with Crippen LogP contribution in [0.25, 0.3) is 0 Å². The van der Waals surface area contributed by atoms with Gasteiger partial charge in [-0.1, -0.05) is 121 Å². The molecule has 2 aliphatic rings. The van der Waals surface area contributed by atoms with Crippen LogP contribution in [0.3, 0.4) is 0 Å². The molecule has 0 aliphatic carbocycles. The molecule has 41 heavy (non-hydrogen) atoms. The molecule has 4 atom stereocenters. The number of quaternary nitrogens is 1. The molecule has 2 aliphatic heterocycles. The molecule has 236 valence electrons. The first kappa shape index (κ1) is 34.7. The Morgan fingerprint density at radius 3 is 2.10 bits per heavy atom. The standard InChI is InChI=1S/C33H59NO6P/c1-4-5-6-7-8-9-10-11-12-13-14-15-16-20-25-36-28-32(37-27-30-21-18-17-19-22-30)29-38-41(35)39-31-23-24-34(2,3)33(26-31)40-41/h17-19,21-22,31-33H,4-16,20,23-29H2,1-3H3/q+1. The molecule has 7 nitrogen and oxygen atoms in total. The van der Waals surface area contributed by atoms with E-state index in [2.05, 4.69) is 21.0 Å². The van der Waals surface area contributed by atoms with Gasteiger partial charge in [0.25, 0.3) is 0 Å². The van der Waals surface area contributed by atoms with Crippen LogP contribution in [0.4, 0.5) is 0 Å². The van der Waals surface area contributed by atoms with E-state index < -0.39 is 7.82 Å². The van der Waals surface area contributed by atoms with E-state index in [0.717, 1.165) is 31.4 Å². The highest BCUT2D eigenvalue weighted by molar-refractivity contribution is 7.48. The minimum Gasteiger partial charge on any atom is -0.379 e. The first-order valence-corrected chi connectivity index (χ1v) is 18.0. The van der Waals surface area contributed by atoms with E-state index in [4.69, 9.17) is 23.0 Å². The molecule has 2 fully saturated rings. The van der Waals surface area contributed by atoms with E-state index in [1.165, 1.54) is 83.5 Å². The van der Waals surface area contributed by atoms with E-state index in [-0.39, 0.29) is 25.0 Å². The summed E-state index contributed by atoms with van der Waals surface area (Å²) in [7, 11) is 0.562. The first-order valence-electron chi connectivity index (χ1n) is 16.6. The molecule has 2 saturated heterocycles. The second kappa shape index (κ2) is 19.5. The fourth-order valence-electron chi connectivity index (χ4n) is 5.65. The molecule has 0 spiro atoms. The van der Waals surface area contributed by atoms with Gasteiger partial charge in [0.2, 0.25) is 6.23 Å². The number of hydrogen-bond donors (Lipinski definition) is 0. The van der Waals surface area contributed by atoms with Crippen LogP contribution in [-0.4, -0.2) is 63.4 Å². The average molecular weight is 597 g/mol. The third-order valence-corrected chi connectivity index (χ3v) is 10.0. The van der Waals surface area contributed by atoms with Crippen LogP contribution < -0.4 is 0 Å². The fraction of sp³-hybridized carbons (Fsp3) is 0.818. The maximum Gasteiger partial charge on any atom is 0.479 e. The molecule has 1 aromatic carbocycles. The SMILES string of the molecule is CCCCCCCCCCCCCCCCOCC(COP1(=O)OC2CC[N+](C)(C)C(C2)O1)OCc1ccccc1. The third-order valence-electron chi connectivity index (χ3n) is 8.49. The molecule has 2 bridgehead atoms. The molecule has 0 amide bonds. The number of phosphoric acid groups is 1.